The Morgan fingerprint density at radius 1 is 1.53 bits per heavy atom. The van der Waals surface area contributed by atoms with Gasteiger partial charge >= 0.3 is 0 Å². The molecule has 0 radical (unpaired) electrons. The van der Waals surface area contributed by atoms with Gasteiger partial charge in [0.15, 0.2) is 0 Å². The molecule has 2 aromatic heterocycles. The van der Waals surface area contributed by atoms with Gasteiger partial charge in [0, 0.05) is 23.5 Å². The van der Waals surface area contributed by atoms with Crippen LogP contribution >= 0.6 is 11.3 Å². The number of rotatable bonds is 3. The van der Waals surface area contributed by atoms with E-state index in [0.29, 0.717) is 6.54 Å². The zero-order chi connectivity index (χ0) is 13.2. The summed E-state index contributed by atoms with van der Waals surface area (Å²) >= 11 is 1.66. The normalized spacial score (nSPS) is 19.3. The van der Waals surface area contributed by atoms with Gasteiger partial charge in [-0.3, -0.25) is 4.79 Å². The second-order valence-electron chi connectivity index (χ2n) is 4.67. The Balaban J connectivity index is 1.85. The summed E-state index contributed by atoms with van der Waals surface area (Å²) in [5, 5.41) is 5.20. The van der Waals surface area contributed by atoms with Gasteiger partial charge in [-0.1, -0.05) is 0 Å². The number of likely N-dealkylation sites (N-methyl/N-ethyl adjacent to an activating group) is 1. The molecule has 1 atom stereocenters. The molecule has 0 bridgehead atoms. The van der Waals surface area contributed by atoms with Gasteiger partial charge in [0.25, 0.3) is 0 Å². The van der Waals surface area contributed by atoms with Gasteiger partial charge < -0.3 is 14.6 Å². The van der Waals surface area contributed by atoms with Crippen LogP contribution < -0.4 is 5.32 Å². The molecule has 100 valence electrons. The van der Waals surface area contributed by atoms with Crippen LogP contribution in [0, 0.1) is 0 Å². The van der Waals surface area contributed by atoms with Gasteiger partial charge in [0.2, 0.25) is 5.91 Å². The Morgan fingerprint density at radius 2 is 2.42 bits per heavy atom. The van der Waals surface area contributed by atoms with Crippen LogP contribution in [0.25, 0.3) is 0 Å². The summed E-state index contributed by atoms with van der Waals surface area (Å²) in [4.78, 5) is 15.7. The van der Waals surface area contributed by atoms with Gasteiger partial charge in [0.05, 0.1) is 12.5 Å². The molecule has 3 heterocycles. The van der Waals surface area contributed by atoms with E-state index >= 15 is 0 Å². The molecule has 1 N–H and O–H groups in total. The molecule has 0 fully saturated rings. The summed E-state index contributed by atoms with van der Waals surface area (Å²) in [5.74, 6) is 0.143. The Labute approximate surface area is 116 Å². The number of hydrogen-bond donors (Lipinski definition) is 1. The van der Waals surface area contributed by atoms with Gasteiger partial charge in [-0.2, -0.15) is 0 Å². The molecular weight excluding hydrogens is 260 g/mol. The molecule has 3 rings (SSSR count). The highest BCUT2D eigenvalue weighted by Crippen LogP contribution is 2.30. The van der Waals surface area contributed by atoms with Gasteiger partial charge in [0.1, 0.15) is 6.04 Å². The van der Waals surface area contributed by atoms with Crippen LogP contribution in [-0.4, -0.2) is 24.4 Å². The number of carbonyl (C=O) groups is 1. The quantitative estimate of drug-likeness (QED) is 0.934. The maximum absolute atomic E-state index is 12.6. The van der Waals surface area contributed by atoms with E-state index in [4.69, 9.17) is 4.42 Å². The van der Waals surface area contributed by atoms with E-state index in [-0.39, 0.29) is 11.9 Å². The number of amides is 1. The molecule has 1 aliphatic rings. The summed E-state index contributed by atoms with van der Waals surface area (Å²) in [5.41, 5.74) is 2.32. The van der Waals surface area contributed by atoms with E-state index in [2.05, 4.69) is 16.8 Å². The molecular formula is C14H16N2O2S. The maximum atomic E-state index is 12.6. The Kier molecular flexibility index (Phi) is 3.40. The van der Waals surface area contributed by atoms with Crippen molar-refractivity contribution in [2.45, 2.75) is 19.0 Å². The predicted octanol–water partition coefficient (Wildman–Crippen LogP) is 2.19. The molecule has 1 amide bonds. The first-order valence-corrected chi connectivity index (χ1v) is 7.21. The minimum Gasteiger partial charge on any atom is -0.472 e. The van der Waals surface area contributed by atoms with Crippen molar-refractivity contribution in [3.8, 4) is 0 Å². The van der Waals surface area contributed by atoms with Crippen LogP contribution in [0.3, 0.4) is 0 Å². The smallest absolute Gasteiger partial charge is 0.245 e. The highest BCUT2D eigenvalue weighted by molar-refractivity contribution is 7.10. The summed E-state index contributed by atoms with van der Waals surface area (Å²) in [7, 11) is 1.84. The molecule has 1 unspecified atom stereocenters. The van der Waals surface area contributed by atoms with Crippen molar-refractivity contribution in [3.63, 3.8) is 0 Å². The third-order valence-electron chi connectivity index (χ3n) is 3.49. The van der Waals surface area contributed by atoms with Crippen LogP contribution in [0.1, 0.15) is 22.0 Å². The lowest BCUT2D eigenvalue weighted by molar-refractivity contribution is -0.133. The Bertz CT molecular complexity index is 562. The third kappa shape index (κ3) is 2.31. The number of nitrogens with zero attached hydrogens (tertiary/aromatic N) is 1. The van der Waals surface area contributed by atoms with Crippen molar-refractivity contribution in [1.29, 1.82) is 0 Å². The first kappa shape index (κ1) is 12.4. The molecule has 4 nitrogen and oxygen atoms in total. The van der Waals surface area contributed by atoms with Crippen LogP contribution in [0.5, 0.6) is 0 Å². The number of nitrogens with one attached hydrogen (secondary N) is 1. The van der Waals surface area contributed by atoms with Crippen LogP contribution in [0.15, 0.2) is 34.5 Å². The van der Waals surface area contributed by atoms with Crippen molar-refractivity contribution in [1.82, 2.24) is 10.2 Å². The van der Waals surface area contributed by atoms with Crippen molar-refractivity contribution < 1.29 is 9.21 Å². The van der Waals surface area contributed by atoms with E-state index in [0.717, 1.165) is 23.4 Å². The van der Waals surface area contributed by atoms with Crippen molar-refractivity contribution in [2.24, 2.45) is 0 Å². The zero-order valence-corrected chi connectivity index (χ0v) is 11.6. The second kappa shape index (κ2) is 5.19. The number of hydrogen-bond acceptors (Lipinski definition) is 4. The minimum atomic E-state index is -0.218. The zero-order valence-electron chi connectivity index (χ0n) is 10.8. The van der Waals surface area contributed by atoms with Crippen LogP contribution in [0.2, 0.25) is 0 Å². The van der Waals surface area contributed by atoms with E-state index in [1.807, 2.05) is 18.0 Å². The molecule has 0 aliphatic carbocycles. The van der Waals surface area contributed by atoms with Gasteiger partial charge in [-0.25, -0.2) is 0 Å². The molecule has 0 saturated carbocycles. The molecule has 0 spiro atoms. The van der Waals surface area contributed by atoms with E-state index in [9.17, 15) is 4.79 Å². The summed E-state index contributed by atoms with van der Waals surface area (Å²) in [6.07, 6.45) is 4.26. The monoisotopic (exact) mass is 276 g/mol. The highest BCUT2D eigenvalue weighted by atomic mass is 32.1. The maximum Gasteiger partial charge on any atom is 0.245 e. The molecule has 1 aliphatic heterocycles. The minimum absolute atomic E-state index is 0.143. The topological polar surface area (TPSA) is 45.5 Å². The lowest BCUT2D eigenvalue weighted by Crippen LogP contribution is -2.38. The summed E-state index contributed by atoms with van der Waals surface area (Å²) < 4.78 is 5.07. The molecule has 0 aromatic carbocycles. The van der Waals surface area contributed by atoms with Crippen LogP contribution in [0.4, 0.5) is 0 Å². The number of fused-ring (bicyclic) bond motifs is 1. The highest BCUT2D eigenvalue weighted by Gasteiger charge is 2.30. The molecule has 0 saturated heterocycles. The first-order chi connectivity index (χ1) is 9.29. The largest absolute Gasteiger partial charge is 0.472 e. The average molecular weight is 276 g/mol. The average Bonchev–Trinajstić information content (AvgIpc) is 3.04. The van der Waals surface area contributed by atoms with E-state index in [1.54, 1.807) is 23.9 Å². The second-order valence-corrected chi connectivity index (χ2v) is 5.62. The standard InChI is InChI=1S/C14H16N2O2S/c1-15-12-13-11(4-7-19-13)2-5-16(14(12)17)8-10-3-6-18-9-10/h3-4,6-7,9,12,15H,2,5,8H2,1H3. The lowest BCUT2D eigenvalue weighted by Gasteiger charge is -2.23. The van der Waals surface area contributed by atoms with Crippen molar-refractivity contribution >= 4 is 17.2 Å². The fraction of sp³-hybridized carbons (Fsp3) is 0.357. The molecule has 19 heavy (non-hydrogen) atoms. The fourth-order valence-corrected chi connectivity index (χ4v) is 3.54. The number of thiophene rings is 1. The van der Waals surface area contributed by atoms with Crippen molar-refractivity contribution in [3.05, 3.63) is 46.0 Å². The van der Waals surface area contributed by atoms with E-state index < -0.39 is 0 Å². The van der Waals surface area contributed by atoms with Crippen LogP contribution in [-0.2, 0) is 17.8 Å². The molecule has 2 aromatic rings. The van der Waals surface area contributed by atoms with Gasteiger partial charge in [-0.15, -0.1) is 11.3 Å². The van der Waals surface area contributed by atoms with Gasteiger partial charge in [-0.05, 0) is 36.5 Å². The lowest BCUT2D eigenvalue weighted by atomic mass is 10.1. The first-order valence-electron chi connectivity index (χ1n) is 6.33. The third-order valence-corrected chi connectivity index (χ3v) is 4.52. The van der Waals surface area contributed by atoms with Crippen molar-refractivity contribution in [2.75, 3.05) is 13.6 Å². The SMILES string of the molecule is CNC1C(=O)N(Cc2ccoc2)CCc2ccsc21. The number of carbonyl (C=O) groups excluding carboxylic acids is 1. The predicted molar refractivity (Wildman–Crippen MR) is 73.9 cm³/mol. The van der Waals surface area contributed by atoms with E-state index in [1.165, 1.54) is 5.56 Å². The number of furan rings is 1. The molecule has 5 heteroatoms. The Hall–Kier alpha value is -1.59. The fourth-order valence-electron chi connectivity index (χ4n) is 2.48. The summed E-state index contributed by atoms with van der Waals surface area (Å²) in [6.45, 7) is 1.37. The summed E-state index contributed by atoms with van der Waals surface area (Å²) in [6, 6.07) is 3.81. The Morgan fingerprint density at radius 3 is 3.16 bits per heavy atom.